The number of alkyl halides is 3. The van der Waals surface area contributed by atoms with Gasteiger partial charge in [-0.25, -0.2) is 0 Å². The highest BCUT2D eigenvalue weighted by Crippen LogP contribution is 2.22. The lowest BCUT2D eigenvalue weighted by atomic mass is 10.3. The lowest BCUT2D eigenvalue weighted by Gasteiger charge is -2.01. The highest BCUT2D eigenvalue weighted by atomic mass is 19.4. The lowest BCUT2D eigenvalue weighted by molar-refractivity contribution is -0.134. The van der Waals surface area contributed by atoms with E-state index in [1.807, 2.05) is 0 Å². The first-order chi connectivity index (χ1) is 7.94. The fourth-order valence-electron chi connectivity index (χ4n) is 1.17. The summed E-state index contributed by atoms with van der Waals surface area (Å²) in [6, 6.07) is 1.45. The van der Waals surface area contributed by atoms with Crippen LogP contribution in [-0.4, -0.2) is 26.5 Å². The molecule has 0 bridgehead atoms. The van der Waals surface area contributed by atoms with Crippen molar-refractivity contribution >= 4 is 5.82 Å². The molecule has 2 heterocycles. The third-order valence-corrected chi connectivity index (χ3v) is 1.93. The average molecular weight is 247 g/mol. The van der Waals surface area contributed by atoms with Gasteiger partial charge in [0.05, 0.1) is 6.42 Å². The molecule has 0 radical (unpaired) electrons. The summed E-state index contributed by atoms with van der Waals surface area (Å²) in [5.74, 6) is 0.284. The summed E-state index contributed by atoms with van der Waals surface area (Å²) in [6.07, 6.45) is -5.55. The van der Waals surface area contributed by atoms with Crippen LogP contribution in [0, 0.1) is 0 Å². The van der Waals surface area contributed by atoms with Crippen molar-refractivity contribution in [1.29, 1.82) is 0 Å². The van der Waals surface area contributed by atoms with Crippen molar-refractivity contribution in [1.82, 2.24) is 20.3 Å². The van der Waals surface area contributed by atoms with Gasteiger partial charge in [-0.1, -0.05) is 5.16 Å². The predicted molar refractivity (Wildman–Crippen MR) is 50.7 cm³/mol. The molecule has 6 nitrogen and oxygen atoms in total. The number of nitrogens with one attached hydrogen (secondary N) is 1. The number of nitrogens with two attached hydrogens (primary N) is 1. The molecule has 0 aliphatic rings. The summed E-state index contributed by atoms with van der Waals surface area (Å²) in [7, 11) is 0. The molecule has 0 aliphatic heterocycles. The van der Waals surface area contributed by atoms with Gasteiger partial charge in [0.1, 0.15) is 11.5 Å². The van der Waals surface area contributed by atoms with Gasteiger partial charge >= 0.3 is 6.18 Å². The summed E-state index contributed by atoms with van der Waals surface area (Å²) < 4.78 is 40.6. The topological polar surface area (TPSA) is 93.6 Å². The highest BCUT2D eigenvalue weighted by Gasteiger charge is 2.27. The maximum atomic E-state index is 12.0. The number of anilines is 1. The van der Waals surface area contributed by atoms with E-state index in [0.717, 1.165) is 0 Å². The number of halogens is 3. The molecule has 3 N–H and O–H groups in total. The third kappa shape index (κ3) is 2.95. The monoisotopic (exact) mass is 247 g/mol. The quantitative estimate of drug-likeness (QED) is 0.857. The van der Waals surface area contributed by atoms with Gasteiger partial charge in [-0.15, -0.1) is 0 Å². The Hall–Kier alpha value is -2.06. The molecule has 0 saturated carbocycles. The first kappa shape index (κ1) is 11.4. The number of hydrogen-bond acceptors (Lipinski definition) is 5. The van der Waals surface area contributed by atoms with Crippen LogP contribution >= 0.6 is 0 Å². The Morgan fingerprint density at radius 1 is 1.41 bits per heavy atom. The van der Waals surface area contributed by atoms with Crippen molar-refractivity contribution in [2.75, 3.05) is 5.73 Å². The number of nitrogens with zero attached hydrogens (tertiary/aromatic N) is 3. The SMILES string of the molecule is Nc1cc(-c2nc(CCC(F)(F)F)no2)[nH]n1. The van der Waals surface area contributed by atoms with Gasteiger partial charge in [0.15, 0.2) is 5.82 Å². The van der Waals surface area contributed by atoms with Crippen LogP contribution in [-0.2, 0) is 6.42 Å². The van der Waals surface area contributed by atoms with Crippen LogP contribution in [0.5, 0.6) is 0 Å². The fraction of sp³-hybridized carbons (Fsp3) is 0.375. The molecule has 0 fully saturated rings. The van der Waals surface area contributed by atoms with E-state index >= 15 is 0 Å². The number of rotatable bonds is 3. The van der Waals surface area contributed by atoms with E-state index in [2.05, 4.69) is 20.3 Å². The molecule has 0 unspecified atom stereocenters. The normalized spacial score (nSPS) is 11.9. The molecule has 2 aromatic heterocycles. The third-order valence-electron chi connectivity index (χ3n) is 1.93. The maximum Gasteiger partial charge on any atom is 0.389 e. The molecule has 92 valence electrons. The Labute approximate surface area is 93.0 Å². The summed E-state index contributed by atoms with van der Waals surface area (Å²) in [6.45, 7) is 0. The maximum absolute atomic E-state index is 12.0. The number of H-pyrrole nitrogens is 1. The second-order valence-corrected chi connectivity index (χ2v) is 3.34. The highest BCUT2D eigenvalue weighted by molar-refractivity contribution is 5.51. The van der Waals surface area contributed by atoms with Crippen molar-refractivity contribution in [3.8, 4) is 11.6 Å². The van der Waals surface area contributed by atoms with Gasteiger partial charge in [-0.3, -0.25) is 5.10 Å². The first-order valence-electron chi connectivity index (χ1n) is 4.64. The van der Waals surface area contributed by atoms with Crippen molar-refractivity contribution in [3.63, 3.8) is 0 Å². The van der Waals surface area contributed by atoms with E-state index in [4.69, 9.17) is 10.3 Å². The largest absolute Gasteiger partial charge is 0.389 e. The van der Waals surface area contributed by atoms with Crippen LogP contribution < -0.4 is 5.73 Å². The standard InChI is InChI=1S/C8H8F3N5O/c9-8(10,11)2-1-6-13-7(17-16-6)4-3-5(12)15-14-4/h3H,1-2H2,(H3,12,14,15). The molecule has 0 aliphatic carbocycles. The summed E-state index contributed by atoms with van der Waals surface area (Å²) in [5.41, 5.74) is 5.73. The van der Waals surface area contributed by atoms with E-state index in [0.29, 0.717) is 5.69 Å². The molecular weight excluding hydrogens is 239 g/mol. The molecular formula is C8H8F3N5O. The van der Waals surface area contributed by atoms with Gasteiger partial charge in [0, 0.05) is 12.5 Å². The van der Waals surface area contributed by atoms with E-state index in [9.17, 15) is 13.2 Å². The molecule has 0 amide bonds. The average Bonchev–Trinajstić information content (AvgIpc) is 2.81. The Balaban J connectivity index is 2.06. The predicted octanol–water partition coefficient (Wildman–Crippen LogP) is 1.54. The van der Waals surface area contributed by atoms with Crippen LogP contribution in [0.1, 0.15) is 12.2 Å². The molecule has 0 saturated heterocycles. The van der Waals surface area contributed by atoms with Crippen molar-refractivity contribution < 1.29 is 17.7 Å². The molecule has 9 heteroatoms. The van der Waals surface area contributed by atoms with Crippen LogP contribution in [0.2, 0.25) is 0 Å². The van der Waals surface area contributed by atoms with Gasteiger partial charge in [-0.2, -0.15) is 23.3 Å². The van der Waals surface area contributed by atoms with Crippen LogP contribution in [0.25, 0.3) is 11.6 Å². The second-order valence-electron chi connectivity index (χ2n) is 3.34. The second kappa shape index (κ2) is 4.07. The van der Waals surface area contributed by atoms with E-state index in [1.165, 1.54) is 6.07 Å². The van der Waals surface area contributed by atoms with E-state index < -0.39 is 12.6 Å². The van der Waals surface area contributed by atoms with Gasteiger partial charge in [0.25, 0.3) is 5.89 Å². The van der Waals surface area contributed by atoms with Crippen molar-refractivity contribution in [2.24, 2.45) is 0 Å². The molecule has 2 aromatic rings. The number of aryl methyl sites for hydroxylation is 1. The zero-order valence-electron chi connectivity index (χ0n) is 8.45. The Kier molecular flexibility index (Phi) is 2.74. The molecule has 0 spiro atoms. The van der Waals surface area contributed by atoms with E-state index in [-0.39, 0.29) is 24.0 Å². The van der Waals surface area contributed by atoms with Gasteiger partial charge in [0.2, 0.25) is 0 Å². The van der Waals surface area contributed by atoms with Crippen LogP contribution in [0.15, 0.2) is 10.6 Å². The minimum absolute atomic E-state index is 0.00880. The molecule has 0 aromatic carbocycles. The van der Waals surface area contributed by atoms with Crippen LogP contribution in [0.4, 0.5) is 19.0 Å². The summed E-state index contributed by atoms with van der Waals surface area (Å²) in [5, 5.41) is 9.58. The first-order valence-corrected chi connectivity index (χ1v) is 4.64. The fourth-order valence-corrected chi connectivity index (χ4v) is 1.17. The Bertz CT molecular complexity index is 503. The van der Waals surface area contributed by atoms with Gasteiger partial charge < -0.3 is 10.3 Å². The number of aromatic nitrogens is 4. The number of aromatic amines is 1. The summed E-state index contributed by atoms with van der Waals surface area (Å²) in [4.78, 5) is 3.79. The van der Waals surface area contributed by atoms with Crippen molar-refractivity contribution in [2.45, 2.75) is 19.0 Å². The molecule has 0 atom stereocenters. The van der Waals surface area contributed by atoms with Gasteiger partial charge in [-0.05, 0) is 0 Å². The smallest absolute Gasteiger partial charge is 0.382 e. The number of hydrogen-bond donors (Lipinski definition) is 2. The Morgan fingerprint density at radius 3 is 2.76 bits per heavy atom. The minimum atomic E-state index is -4.24. The minimum Gasteiger partial charge on any atom is -0.382 e. The zero-order chi connectivity index (χ0) is 12.5. The zero-order valence-corrected chi connectivity index (χ0v) is 8.45. The Morgan fingerprint density at radius 2 is 2.18 bits per heavy atom. The lowest BCUT2D eigenvalue weighted by Crippen LogP contribution is -2.09. The van der Waals surface area contributed by atoms with E-state index in [1.54, 1.807) is 0 Å². The molecule has 2 rings (SSSR count). The van der Waals surface area contributed by atoms with Crippen molar-refractivity contribution in [3.05, 3.63) is 11.9 Å². The number of nitrogen functional groups attached to an aromatic ring is 1. The van der Waals surface area contributed by atoms with Crippen LogP contribution in [0.3, 0.4) is 0 Å². The molecule has 17 heavy (non-hydrogen) atoms. The summed E-state index contributed by atoms with van der Waals surface area (Å²) >= 11 is 0.